The molecule has 33 heavy (non-hydrogen) atoms. The number of aromatic amines is 1. The van der Waals surface area contributed by atoms with E-state index in [2.05, 4.69) is 30.1 Å². The van der Waals surface area contributed by atoms with Crippen LogP contribution in [0.2, 0.25) is 0 Å². The fraction of sp³-hybridized carbons (Fsp3) is 0.143. The molecule has 0 saturated heterocycles. The molecule has 1 aliphatic heterocycles. The third kappa shape index (κ3) is 3.14. The number of H-pyrrole nitrogens is 1. The highest BCUT2D eigenvalue weighted by atomic mass is 19.1. The summed E-state index contributed by atoms with van der Waals surface area (Å²) in [5.41, 5.74) is 1.46. The molecule has 12 heteroatoms. The van der Waals surface area contributed by atoms with Crippen LogP contribution >= 0.6 is 0 Å². The van der Waals surface area contributed by atoms with Gasteiger partial charge in [0.05, 0.1) is 12.0 Å². The number of benzene rings is 1. The van der Waals surface area contributed by atoms with Crippen LogP contribution in [0.15, 0.2) is 51.7 Å². The van der Waals surface area contributed by atoms with Crippen LogP contribution in [-0.2, 0) is 6.42 Å². The number of fused-ring (bicyclic) bond motifs is 2. The van der Waals surface area contributed by atoms with Gasteiger partial charge in [-0.15, -0.1) is 10.2 Å². The Kier molecular flexibility index (Phi) is 4.25. The van der Waals surface area contributed by atoms with Crippen molar-refractivity contribution in [2.75, 3.05) is 6.54 Å². The maximum atomic E-state index is 14.2. The van der Waals surface area contributed by atoms with Gasteiger partial charge >= 0.3 is 11.8 Å². The van der Waals surface area contributed by atoms with E-state index in [0.29, 0.717) is 23.9 Å². The maximum absolute atomic E-state index is 14.2. The molecule has 1 aromatic carbocycles. The lowest BCUT2D eigenvalue weighted by Gasteiger charge is -2.31. The van der Waals surface area contributed by atoms with E-state index in [0.717, 1.165) is 11.8 Å². The van der Waals surface area contributed by atoms with Gasteiger partial charge in [0.25, 0.3) is 5.89 Å². The molecule has 0 aliphatic carbocycles. The summed E-state index contributed by atoms with van der Waals surface area (Å²) in [5, 5.41) is 7.78. The lowest BCUT2D eigenvalue weighted by atomic mass is 10.0. The van der Waals surface area contributed by atoms with Gasteiger partial charge in [-0.3, -0.25) is 9.78 Å². The molecule has 1 N–H and O–H groups in total. The summed E-state index contributed by atoms with van der Waals surface area (Å²) in [6.07, 6.45) is 3.53. The molecule has 1 amide bonds. The molecule has 6 rings (SSSR count). The topological polar surface area (TPSA) is 127 Å². The van der Waals surface area contributed by atoms with Crippen LogP contribution in [0.4, 0.5) is 8.78 Å². The first kappa shape index (κ1) is 19.2. The number of halogens is 2. The first-order valence-corrected chi connectivity index (χ1v) is 9.92. The van der Waals surface area contributed by atoms with Crippen molar-refractivity contribution in [3.8, 4) is 11.6 Å². The van der Waals surface area contributed by atoms with E-state index in [9.17, 15) is 13.6 Å². The number of hydrogen-bond donors (Lipinski definition) is 1. The molecule has 5 heterocycles. The van der Waals surface area contributed by atoms with Gasteiger partial charge in [0, 0.05) is 37.0 Å². The fourth-order valence-electron chi connectivity index (χ4n) is 3.86. The van der Waals surface area contributed by atoms with E-state index in [1.807, 2.05) is 0 Å². The Morgan fingerprint density at radius 2 is 2.06 bits per heavy atom. The second kappa shape index (κ2) is 7.29. The minimum Gasteiger partial charge on any atom is -0.435 e. The summed E-state index contributed by atoms with van der Waals surface area (Å²) in [7, 11) is 0. The van der Waals surface area contributed by atoms with Crippen LogP contribution in [-0.4, -0.2) is 47.5 Å². The molecule has 0 radical (unpaired) electrons. The first-order chi connectivity index (χ1) is 16.1. The van der Waals surface area contributed by atoms with Crippen LogP contribution in [0.25, 0.3) is 22.7 Å². The van der Waals surface area contributed by atoms with Crippen molar-refractivity contribution in [3.63, 3.8) is 0 Å². The third-order valence-corrected chi connectivity index (χ3v) is 5.34. The molecule has 5 aromatic rings. The number of carbonyl (C=O) groups excluding carboxylic acids is 1. The zero-order chi connectivity index (χ0) is 22.5. The van der Waals surface area contributed by atoms with Gasteiger partial charge in [0.1, 0.15) is 17.0 Å². The highest BCUT2D eigenvalue weighted by Crippen LogP contribution is 2.36. The van der Waals surface area contributed by atoms with Gasteiger partial charge < -0.3 is 18.7 Å². The van der Waals surface area contributed by atoms with Crippen LogP contribution in [0.3, 0.4) is 0 Å². The zero-order valence-electron chi connectivity index (χ0n) is 16.7. The number of amides is 1. The molecule has 1 aliphatic rings. The molecular weight excluding hydrogens is 436 g/mol. The number of oxazole rings is 1. The minimum absolute atomic E-state index is 0.00668. The Labute approximate surface area is 183 Å². The van der Waals surface area contributed by atoms with Crippen molar-refractivity contribution in [1.29, 1.82) is 0 Å². The predicted molar refractivity (Wildman–Crippen MR) is 107 cm³/mol. The highest BCUT2D eigenvalue weighted by molar-refractivity contribution is 5.90. The third-order valence-electron chi connectivity index (χ3n) is 5.34. The molecule has 0 fully saturated rings. The van der Waals surface area contributed by atoms with Crippen LogP contribution < -0.4 is 0 Å². The van der Waals surface area contributed by atoms with Crippen molar-refractivity contribution < 1.29 is 22.4 Å². The monoisotopic (exact) mass is 449 g/mol. The number of aromatic nitrogens is 6. The quantitative estimate of drug-likeness (QED) is 0.445. The molecular formula is C21H13F2N7O3. The molecule has 0 spiro atoms. The number of carbonyl (C=O) groups is 1. The fourth-order valence-corrected chi connectivity index (χ4v) is 3.86. The average Bonchev–Trinajstić information content (AvgIpc) is 3.57. The highest BCUT2D eigenvalue weighted by Gasteiger charge is 2.40. The summed E-state index contributed by atoms with van der Waals surface area (Å²) < 4.78 is 39.1. The summed E-state index contributed by atoms with van der Waals surface area (Å²) in [4.78, 5) is 30.5. The normalized spacial score (nSPS) is 15.7. The van der Waals surface area contributed by atoms with Crippen LogP contribution in [0, 0.1) is 11.6 Å². The average molecular weight is 449 g/mol. The lowest BCUT2D eigenvalue weighted by molar-refractivity contribution is 0.0627. The molecule has 4 aromatic heterocycles. The largest absolute Gasteiger partial charge is 0.435 e. The van der Waals surface area contributed by atoms with Gasteiger partial charge in [-0.1, -0.05) is 6.07 Å². The van der Waals surface area contributed by atoms with Crippen molar-refractivity contribution in [3.05, 3.63) is 77.7 Å². The Morgan fingerprint density at radius 1 is 1.15 bits per heavy atom. The predicted octanol–water partition coefficient (Wildman–Crippen LogP) is 3.06. The Hall–Kier alpha value is -4.48. The summed E-state index contributed by atoms with van der Waals surface area (Å²) in [6, 6.07) is 6.02. The van der Waals surface area contributed by atoms with Crippen molar-refractivity contribution in [2.45, 2.75) is 12.5 Å². The van der Waals surface area contributed by atoms with E-state index in [-0.39, 0.29) is 35.3 Å². The van der Waals surface area contributed by atoms with Gasteiger partial charge in [-0.05, 0) is 12.1 Å². The van der Waals surface area contributed by atoms with Crippen LogP contribution in [0.5, 0.6) is 0 Å². The Bertz CT molecular complexity index is 1490. The summed E-state index contributed by atoms with van der Waals surface area (Å²) in [5.74, 6) is -2.45. The van der Waals surface area contributed by atoms with E-state index >= 15 is 0 Å². The lowest BCUT2D eigenvalue weighted by Crippen LogP contribution is -2.41. The van der Waals surface area contributed by atoms with E-state index < -0.39 is 23.6 Å². The standard InChI is InChI=1S/C21H13F2N7O3/c22-10-7-11(23)17-14(8-10)27-19(32-17)16-15-12(25-9-26-15)4-6-30(16)21(31)20-29-28-18(33-20)13-3-1-2-5-24-13/h1-3,5,7-9,16H,4,6H2,(H,25,26)/t16-/m0/s1. The minimum atomic E-state index is -0.910. The zero-order valence-corrected chi connectivity index (χ0v) is 16.7. The molecule has 164 valence electrons. The van der Waals surface area contributed by atoms with Gasteiger partial charge in [0.15, 0.2) is 17.4 Å². The molecule has 0 saturated carbocycles. The Morgan fingerprint density at radius 3 is 2.91 bits per heavy atom. The molecule has 10 nitrogen and oxygen atoms in total. The van der Waals surface area contributed by atoms with E-state index in [1.54, 1.807) is 24.4 Å². The molecule has 0 bridgehead atoms. The number of pyridine rings is 1. The first-order valence-electron chi connectivity index (χ1n) is 9.92. The second-order valence-corrected chi connectivity index (χ2v) is 7.33. The van der Waals surface area contributed by atoms with Crippen molar-refractivity contribution in [1.82, 2.24) is 35.0 Å². The number of nitrogens with one attached hydrogen (secondary N) is 1. The van der Waals surface area contributed by atoms with Crippen molar-refractivity contribution in [2.24, 2.45) is 0 Å². The summed E-state index contributed by atoms with van der Waals surface area (Å²) >= 11 is 0. The van der Waals surface area contributed by atoms with Crippen LogP contribution in [0.1, 0.15) is 34.0 Å². The molecule has 0 unspecified atom stereocenters. The smallest absolute Gasteiger partial charge is 0.312 e. The van der Waals surface area contributed by atoms with E-state index in [4.69, 9.17) is 8.83 Å². The second-order valence-electron chi connectivity index (χ2n) is 7.33. The van der Waals surface area contributed by atoms with Gasteiger partial charge in [0.2, 0.25) is 5.89 Å². The summed E-state index contributed by atoms with van der Waals surface area (Å²) in [6.45, 7) is 0.246. The van der Waals surface area contributed by atoms with Crippen molar-refractivity contribution >= 4 is 17.0 Å². The number of imidazole rings is 1. The maximum Gasteiger partial charge on any atom is 0.312 e. The number of hydrogen-bond acceptors (Lipinski definition) is 8. The number of rotatable bonds is 3. The molecule has 1 atom stereocenters. The van der Waals surface area contributed by atoms with Gasteiger partial charge in [-0.2, -0.15) is 0 Å². The SMILES string of the molecule is O=C(c1nnc(-c2ccccn2)o1)N1CCc2[nH]cnc2[C@H]1c1nc2cc(F)cc(F)c2o1. The number of nitrogens with zero attached hydrogens (tertiary/aromatic N) is 6. The van der Waals surface area contributed by atoms with Gasteiger partial charge in [-0.25, -0.2) is 18.7 Å². The Balaban J connectivity index is 1.42. The van der Waals surface area contributed by atoms with E-state index in [1.165, 1.54) is 11.2 Å².